The van der Waals surface area contributed by atoms with Crippen molar-refractivity contribution in [3.63, 3.8) is 0 Å². The molecule has 17 heavy (non-hydrogen) atoms. The molecule has 1 N–H and O–H groups in total. The van der Waals surface area contributed by atoms with Crippen LogP contribution in [0.25, 0.3) is 0 Å². The van der Waals surface area contributed by atoms with Crippen molar-refractivity contribution in [3.8, 4) is 6.07 Å². The van der Waals surface area contributed by atoms with E-state index < -0.39 is 5.54 Å². The number of rotatable bonds is 3. The number of hydrogen-bond acceptors (Lipinski definition) is 2. The first kappa shape index (κ1) is 11.9. The molecule has 0 amide bonds. The summed E-state index contributed by atoms with van der Waals surface area (Å²) in [4.78, 5) is 0. The molecule has 2 heteroatoms. The van der Waals surface area contributed by atoms with Crippen molar-refractivity contribution in [2.24, 2.45) is 0 Å². The molecule has 1 aliphatic rings. The van der Waals surface area contributed by atoms with Gasteiger partial charge in [0.05, 0.1) is 6.07 Å². The summed E-state index contributed by atoms with van der Waals surface area (Å²) in [5.41, 5.74) is 1.91. The van der Waals surface area contributed by atoms with Gasteiger partial charge in [0.2, 0.25) is 0 Å². The lowest BCUT2D eigenvalue weighted by atomic mass is 9.73. The van der Waals surface area contributed by atoms with Crippen LogP contribution in [-0.4, -0.2) is 6.54 Å². The van der Waals surface area contributed by atoms with Gasteiger partial charge in [-0.3, -0.25) is 5.32 Å². The third kappa shape index (κ3) is 1.99. The Hall–Kier alpha value is -1.59. The number of benzene rings is 1. The molecule has 2 nitrogen and oxygen atoms in total. The van der Waals surface area contributed by atoms with E-state index >= 15 is 0 Å². The van der Waals surface area contributed by atoms with Gasteiger partial charge in [0.1, 0.15) is 5.54 Å². The summed E-state index contributed by atoms with van der Waals surface area (Å²) in [6.45, 7) is 6.60. The Morgan fingerprint density at radius 2 is 2.35 bits per heavy atom. The molecular formula is C15H18N2. The summed E-state index contributed by atoms with van der Waals surface area (Å²) in [6, 6.07) is 10.7. The molecule has 88 valence electrons. The van der Waals surface area contributed by atoms with Gasteiger partial charge in [0.25, 0.3) is 0 Å². The predicted molar refractivity (Wildman–Crippen MR) is 69.6 cm³/mol. The van der Waals surface area contributed by atoms with Crippen molar-refractivity contribution in [3.05, 3.63) is 48.0 Å². The molecule has 2 unspecified atom stereocenters. The SMILES string of the molecule is C=CCNC1(C#N)CCC(C)c2ccccc21. The molecule has 1 aromatic carbocycles. The zero-order chi connectivity index (χ0) is 12.3. The molecule has 0 radical (unpaired) electrons. The van der Waals surface area contributed by atoms with Gasteiger partial charge in [0, 0.05) is 6.54 Å². The van der Waals surface area contributed by atoms with Crippen LogP contribution in [0.2, 0.25) is 0 Å². The second-order valence-electron chi connectivity index (χ2n) is 4.71. The Bertz CT molecular complexity index is 458. The molecular weight excluding hydrogens is 208 g/mol. The highest BCUT2D eigenvalue weighted by atomic mass is 15.0. The Kier molecular flexibility index (Phi) is 3.31. The highest BCUT2D eigenvalue weighted by molar-refractivity contribution is 5.42. The lowest BCUT2D eigenvalue weighted by Crippen LogP contribution is -2.44. The van der Waals surface area contributed by atoms with Crippen LogP contribution in [0.4, 0.5) is 0 Å². The average Bonchev–Trinajstić information content (AvgIpc) is 2.39. The van der Waals surface area contributed by atoms with Crippen molar-refractivity contribution in [1.82, 2.24) is 5.32 Å². The molecule has 2 atom stereocenters. The third-order valence-corrected chi connectivity index (χ3v) is 3.64. The summed E-state index contributed by atoms with van der Waals surface area (Å²) in [5, 5.41) is 12.9. The highest BCUT2D eigenvalue weighted by Crippen LogP contribution is 2.40. The molecule has 0 fully saturated rings. The molecule has 0 heterocycles. The predicted octanol–water partition coefficient (Wildman–Crippen LogP) is 3.08. The molecule has 1 aromatic rings. The van der Waals surface area contributed by atoms with Crippen LogP contribution < -0.4 is 5.32 Å². The van der Waals surface area contributed by atoms with Crippen LogP contribution >= 0.6 is 0 Å². The van der Waals surface area contributed by atoms with E-state index in [1.807, 2.05) is 6.07 Å². The van der Waals surface area contributed by atoms with E-state index in [4.69, 9.17) is 0 Å². The molecule has 0 saturated carbocycles. The molecule has 0 saturated heterocycles. The minimum absolute atomic E-state index is 0.530. The van der Waals surface area contributed by atoms with E-state index in [9.17, 15) is 5.26 Å². The van der Waals surface area contributed by atoms with E-state index in [-0.39, 0.29) is 0 Å². The zero-order valence-corrected chi connectivity index (χ0v) is 10.2. The zero-order valence-electron chi connectivity index (χ0n) is 10.2. The second-order valence-corrected chi connectivity index (χ2v) is 4.71. The van der Waals surface area contributed by atoms with Crippen LogP contribution in [0.15, 0.2) is 36.9 Å². The van der Waals surface area contributed by atoms with Crippen molar-refractivity contribution in [1.29, 1.82) is 5.26 Å². The summed E-state index contributed by atoms with van der Waals surface area (Å²) < 4.78 is 0. The fraction of sp³-hybridized carbons (Fsp3) is 0.400. The van der Waals surface area contributed by atoms with Crippen molar-refractivity contribution < 1.29 is 0 Å². The fourth-order valence-corrected chi connectivity index (χ4v) is 2.62. The standard InChI is InChI=1S/C15H18N2/c1-3-10-17-15(11-16)9-8-12(2)13-6-4-5-7-14(13)15/h3-7,12,17H,1,8-10H2,2H3. The minimum atomic E-state index is -0.530. The van der Waals surface area contributed by atoms with Crippen molar-refractivity contribution in [2.45, 2.75) is 31.2 Å². The van der Waals surface area contributed by atoms with Gasteiger partial charge in [-0.15, -0.1) is 6.58 Å². The molecule has 1 aliphatic carbocycles. The lowest BCUT2D eigenvalue weighted by molar-refractivity contribution is 0.361. The first-order valence-corrected chi connectivity index (χ1v) is 6.10. The maximum absolute atomic E-state index is 9.55. The molecule has 2 rings (SSSR count). The maximum Gasteiger partial charge on any atom is 0.132 e. The Morgan fingerprint density at radius 1 is 1.59 bits per heavy atom. The van der Waals surface area contributed by atoms with Gasteiger partial charge < -0.3 is 0 Å². The first-order valence-electron chi connectivity index (χ1n) is 6.10. The lowest BCUT2D eigenvalue weighted by Gasteiger charge is -2.36. The van der Waals surface area contributed by atoms with Gasteiger partial charge in [-0.1, -0.05) is 37.3 Å². The minimum Gasteiger partial charge on any atom is -0.292 e. The second kappa shape index (κ2) is 4.73. The van der Waals surface area contributed by atoms with Gasteiger partial charge in [0.15, 0.2) is 0 Å². The Labute approximate surface area is 103 Å². The maximum atomic E-state index is 9.55. The number of hydrogen-bond donors (Lipinski definition) is 1. The summed E-state index contributed by atoms with van der Waals surface area (Å²) in [6.07, 6.45) is 3.73. The van der Waals surface area contributed by atoms with Gasteiger partial charge in [-0.05, 0) is 29.9 Å². The number of fused-ring (bicyclic) bond motifs is 1. The molecule has 0 aliphatic heterocycles. The normalized spacial score (nSPS) is 26.9. The Morgan fingerprint density at radius 3 is 3.06 bits per heavy atom. The van der Waals surface area contributed by atoms with Crippen LogP contribution in [0.1, 0.15) is 36.8 Å². The summed E-state index contributed by atoms with van der Waals surface area (Å²) in [7, 11) is 0. The molecule has 0 aromatic heterocycles. The topological polar surface area (TPSA) is 35.8 Å². The van der Waals surface area contributed by atoms with E-state index in [1.54, 1.807) is 6.08 Å². The quantitative estimate of drug-likeness (QED) is 0.804. The van der Waals surface area contributed by atoms with Crippen LogP contribution in [-0.2, 0) is 5.54 Å². The third-order valence-electron chi connectivity index (χ3n) is 3.64. The monoisotopic (exact) mass is 226 g/mol. The first-order chi connectivity index (χ1) is 8.23. The Balaban J connectivity index is 2.46. The number of nitrogens with one attached hydrogen (secondary N) is 1. The van der Waals surface area contributed by atoms with Crippen molar-refractivity contribution in [2.75, 3.05) is 6.54 Å². The van der Waals surface area contributed by atoms with Crippen molar-refractivity contribution >= 4 is 0 Å². The molecule has 0 spiro atoms. The summed E-state index contributed by atoms with van der Waals surface area (Å²) in [5.74, 6) is 0.540. The molecule has 0 bridgehead atoms. The smallest absolute Gasteiger partial charge is 0.132 e. The van der Waals surface area contributed by atoms with E-state index in [2.05, 4.69) is 43.1 Å². The van der Waals surface area contributed by atoms with E-state index in [1.165, 1.54) is 5.56 Å². The van der Waals surface area contributed by atoms with E-state index in [0.29, 0.717) is 12.5 Å². The van der Waals surface area contributed by atoms with E-state index in [0.717, 1.165) is 18.4 Å². The van der Waals surface area contributed by atoms with Gasteiger partial charge in [-0.25, -0.2) is 0 Å². The highest BCUT2D eigenvalue weighted by Gasteiger charge is 2.38. The fourth-order valence-electron chi connectivity index (χ4n) is 2.62. The largest absolute Gasteiger partial charge is 0.292 e. The number of nitriles is 1. The summed E-state index contributed by atoms with van der Waals surface area (Å²) >= 11 is 0. The number of nitrogens with zero attached hydrogens (tertiary/aromatic N) is 1. The van der Waals surface area contributed by atoms with Crippen LogP contribution in [0, 0.1) is 11.3 Å². The van der Waals surface area contributed by atoms with Crippen LogP contribution in [0.5, 0.6) is 0 Å². The van der Waals surface area contributed by atoms with Gasteiger partial charge in [-0.2, -0.15) is 5.26 Å². The average molecular weight is 226 g/mol. The van der Waals surface area contributed by atoms with Gasteiger partial charge >= 0.3 is 0 Å². The van der Waals surface area contributed by atoms with Crippen LogP contribution in [0.3, 0.4) is 0 Å².